The molecular formula is C25H31N3O6. The number of urea groups is 1. The van der Waals surface area contributed by atoms with Gasteiger partial charge < -0.3 is 25.4 Å². The maximum Gasteiger partial charge on any atom is 0.338 e. The van der Waals surface area contributed by atoms with Crippen LogP contribution in [-0.4, -0.2) is 43.1 Å². The number of esters is 2. The molecule has 2 aromatic rings. The molecule has 9 nitrogen and oxygen atoms in total. The van der Waals surface area contributed by atoms with Gasteiger partial charge in [-0.2, -0.15) is 0 Å². The van der Waals surface area contributed by atoms with Crippen molar-refractivity contribution >= 4 is 29.6 Å². The Morgan fingerprint density at radius 1 is 0.853 bits per heavy atom. The Morgan fingerprint density at radius 2 is 1.44 bits per heavy atom. The molecule has 34 heavy (non-hydrogen) atoms. The minimum absolute atomic E-state index is 0.0350. The van der Waals surface area contributed by atoms with Gasteiger partial charge in [0.15, 0.2) is 6.61 Å². The lowest BCUT2D eigenvalue weighted by molar-refractivity contribution is -0.119. The van der Waals surface area contributed by atoms with E-state index in [9.17, 15) is 19.2 Å². The van der Waals surface area contributed by atoms with Crippen LogP contribution in [0.1, 0.15) is 59.9 Å². The van der Waals surface area contributed by atoms with Gasteiger partial charge >= 0.3 is 18.0 Å². The molecule has 0 spiro atoms. The van der Waals surface area contributed by atoms with Gasteiger partial charge in [0.05, 0.1) is 17.7 Å². The number of carbonyl (C=O) groups excluding carboxylic acids is 4. The Hall–Kier alpha value is -3.88. The summed E-state index contributed by atoms with van der Waals surface area (Å²) in [6.07, 6.45) is 1.74. The van der Waals surface area contributed by atoms with Gasteiger partial charge in [-0.3, -0.25) is 4.79 Å². The minimum atomic E-state index is -0.641. The largest absolute Gasteiger partial charge is 0.462 e. The summed E-state index contributed by atoms with van der Waals surface area (Å²) >= 11 is 0. The van der Waals surface area contributed by atoms with E-state index in [4.69, 9.17) is 9.47 Å². The van der Waals surface area contributed by atoms with Crippen molar-refractivity contribution in [1.29, 1.82) is 0 Å². The van der Waals surface area contributed by atoms with E-state index in [1.807, 2.05) is 20.8 Å². The zero-order valence-corrected chi connectivity index (χ0v) is 19.7. The maximum absolute atomic E-state index is 12.2. The van der Waals surface area contributed by atoms with E-state index in [-0.39, 0.29) is 17.6 Å². The molecule has 182 valence electrons. The van der Waals surface area contributed by atoms with Crippen LogP contribution in [-0.2, 0) is 20.8 Å². The molecule has 2 rings (SSSR count). The molecule has 0 radical (unpaired) electrons. The number of nitrogens with one attached hydrogen (secondary N) is 3. The van der Waals surface area contributed by atoms with Crippen LogP contribution in [0.3, 0.4) is 0 Å². The summed E-state index contributed by atoms with van der Waals surface area (Å²) in [6, 6.07) is 12.5. The van der Waals surface area contributed by atoms with Crippen LogP contribution in [0.25, 0.3) is 0 Å². The number of hydrogen-bond donors (Lipinski definition) is 3. The smallest absolute Gasteiger partial charge is 0.338 e. The fourth-order valence-electron chi connectivity index (χ4n) is 2.75. The predicted molar refractivity (Wildman–Crippen MR) is 127 cm³/mol. The van der Waals surface area contributed by atoms with Gasteiger partial charge in [-0.05, 0) is 62.2 Å². The van der Waals surface area contributed by atoms with E-state index in [0.717, 1.165) is 18.4 Å². The summed E-state index contributed by atoms with van der Waals surface area (Å²) < 4.78 is 10.2. The molecule has 0 saturated heterocycles. The van der Waals surface area contributed by atoms with Crippen LogP contribution >= 0.6 is 0 Å². The van der Waals surface area contributed by atoms with Crippen molar-refractivity contribution in [2.75, 3.05) is 18.5 Å². The second-order valence-electron chi connectivity index (χ2n) is 7.87. The normalized spacial score (nSPS) is 10.4. The fourth-order valence-corrected chi connectivity index (χ4v) is 2.75. The molecule has 0 aliphatic rings. The minimum Gasteiger partial charge on any atom is -0.462 e. The van der Waals surface area contributed by atoms with Crippen molar-refractivity contribution in [2.45, 2.75) is 46.2 Å². The highest BCUT2D eigenvalue weighted by Crippen LogP contribution is 2.11. The summed E-state index contributed by atoms with van der Waals surface area (Å²) in [6.45, 7) is 5.96. The monoisotopic (exact) mass is 469 g/mol. The fraction of sp³-hybridized carbons (Fsp3) is 0.360. The first-order valence-corrected chi connectivity index (χ1v) is 11.2. The Kier molecular flexibility index (Phi) is 10.6. The van der Waals surface area contributed by atoms with Crippen LogP contribution < -0.4 is 16.0 Å². The lowest BCUT2D eigenvalue weighted by Gasteiger charge is -2.10. The van der Waals surface area contributed by atoms with Crippen LogP contribution in [0, 0.1) is 0 Å². The predicted octanol–water partition coefficient (Wildman–Crippen LogP) is 3.65. The van der Waals surface area contributed by atoms with Gasteiger partial charge in [0, 0.05) is 18.3 Å². The molecule has 9 heteroatoms. The van der Waals surface area contributed by atoms with Crippen LogP contribution in [0.4, 0.5) is 10.5 Å². The molecule has 0 aliphatic heterocycles. The number of hydrogen-bond acceptors (Lipinski definition) is 6. The molecule has 3 N–H and O–H groups in total. The molecule has 0 fully saturated rings. The van der Waals surface area contributed by atoms with Crippen LogP contribution in [0.2, 0.25) is 0 Å². The number of unbranched alkanes of at least 4 members (excludes halogenated alkanes) is 1. The zero-order chi connectivity index (χ0) is 24.9. The SMILES string of the molecule is CCCCOC(=O)c1ccc(NC(=O)COC(=O)c2ccc(CNC(=O)NC(C)C)cc2)cc1. The van der Waals surface area contributed by atoms with E-state index < -0.39 is 24.5 Å². The molecule has 0 aliphatic carbocycles. The van der Waals surface area contributed by atoms with E-state index in [2.05, 4.69) is 16.0 Å². The summed E-state index contributed by atoms with van der Waals surface area (Å²) in [5, 5.41) is 8.04. The molecule has 0 unspecified atom stereocenters. The van der Waals surface area contributed by atoms with Crippen molar-refractivity contribution in [1.82, 2.24) is 10.6 Å². The zero-order valence-electron chi connectivity index (χ0n) is 19.7. The standard InChI is InChI=1S/C25H31N3O6/c1-4-5-14-33-23(30)20-10-12-21(13-11-20)28-22(29)16-34-24(31)19-8-6-18(7-9-19)15-26-25(32)27-17(2)3/h6-13,17H,4-5,14-16H2,1-3H3,(H,28,29)(H2,26,27,32). The molecule has 0 saturated carbocycles. The first-order chi connectivity index (χ1) is 16.3. The van der Waals surface area contributed by atoms with Gasteiger partial charge in [0.1, 0.15) is 0 Å². The Bertz CT molecular complexity index is 971. The first kappa shape index (κ1) is 26.4. The molecule has 0 atom stereocenters. The molecule has 2 aromatic carbocycles. The summed E-state index contributed by atoms with van der Waals surface area (Å²) in [5.74, 6) is -1.57. The van der Waals surface area contributed by atoms with Crippen LogP contribution in [0.15, 0.2) is 48.5 Å². The summed E-state index contributed by atoms with van der Waals surface area (Å²) in [5.41, 5.74) is 1.95. The van der Waals surface area contributed by atoms with Gasteiger partial charge in [-0.1, -0.05) is 25.5 Å². The lowest BCUT2D eigenvalue weighted by atomic mass is 10.1. The molecule has 0 heterocycles. The Morgan fingerprint density at radius 3 is 2.03 bits per heavy atom. The van der Waals surface area contributed by atoms with Crippen LogP contribution in [0.5, 0.6) is 0 Å². The Balaban J connectivity index is 1.76. The highest BCUT2D eigenvalue weighted by Gasteiger charge is 2.12. The Labute approximate surface area is 199 Å². The summed E-state index contributed by atoms with van der Waals surface area (Å²) in [4.78, 5) is 47.8. The van der Waals surface area contributed by atoms with Crippen molar-refractivity contribution in [3.8, 4) is 0 Å². The van der Waals surface area contributed by atoms with Gasteiger partial charge in [0.25, 0.3) is 5.91 Å². The average Bonchev–Trinajstić information content (AvgIpc) is 2.81. The summed E-state index contributed by atoms with van der Waals surface area (Å²) in [7, 11) is 0. The van der Waals surface area contributed by atoms with Crippen molar-refractivity contribution in [3.05, 3.63) is 65.2 Å². The van der Waals surface area contributed by atoms with Gasteiger partial charge in [0.2, 0.25) is 0 Å². The number of ether oxygens (including phenoxy) is 2. The topological polar surface area (TPSA) is 123 Å². The third-order valence-corrected chi connectivity index (χ3v) is 4.53. The average molecular weight is 470 g/mol. The third kappa shape index (κ3) is 9.32. The quantitative estimate of drug-likeness (QED) is 0.341. The second kappa shape index (κ2) is 13.6. The van der Waals surface area contributed by atoms with E-state index in [1.54, 1.807) is 48.5 Å². The molecule has 3 amide bonds. The first-order valence-electron chi connectivity index (χ1n) is 11.2. The van der Waals surface area contributed by atoms with Gasteiger partial charge in [-0.15, -0.1) is 0 Å². The van der Waals surface area contributed by atoms with Crippen molar-refractivity contribution in [3.63, 3.8) is 0 Å². The number of rotatable bonds is 11. The number of carbonyl (C=O) groups is 4. The maximum atomic E-state index is 12.2. The highest BCUT2D eigenvalue weighted by atomic mass is 16.5. The van der Waals surface area contributed by atoms with Crippen molar-refractivity contribution in [2.24, 2.45) is 0 Å². The number of benzene rings is 2. The second-order valence-corrected chi connectivity index (χ2v) is 7.87. The molecule has 0 bridgehead atoms. The van der Waals surface area contributed by atoms with E-state index >= 15 is 0 Å². The lowest BCUT2D eigenvalue weighted by Crippen LogP contribution is -2.39. The highest BCUT2D eigenvalue weighted by molar-refractivity contribution is 5.96. The molecular weight excluding hydrogens is 438 g/mol. The van der Waals surface area contributed by atoms with E-state index in [1.165, 1.54) is 0 Å². The number of anilines is 1. The number of amides is 3. The van der Waals surface area contributed by atoms with E-state index in [0.29, 0.717) is 24.4 Å². The van der Waals surface area contributed by atoms with Crippen molar-refractivity contribution < 1.29 is 28.7 Å². The third-order valence-electron chi connectivity index (χ3n) is 4.53. The van der Waals surface area contributed by atoms with Gasteiger partial charge in [-0.25, -0.2) is 14.4 Å². The molecule has 0 aromatic heterocycles.